The summed E-state index contributed by atoms with van der Waals surface area (Å²) in [6.07, 6.45) is 0.375. The molecule has 1 atom stereocenters. The van der Waals surface area contributed by atoms with Crippen LogP contribution in [0.2, 0.25) is 0 Å². The van der Waals surface area contributed by atoms with Crippen LogP contribution in [0.4, 0.5) is 0 Å². The molecule has 24 heavy (non-hydrogen) atoms. The number of nitrogen functional groups attached to an aromatic ring is 1. The number of ether oxygens (including phenoxy) is 1. The van der Waals surface area contributed by atoms with E-state index in [1.54, 1.807) is 44.2 Å². The lowest BCUT2D eigenvalue weighted by molar-refractivity contribution is -0.141. The molecule has 2 aromatic rings. The van der Waals surface area contributed by atoms with Crippen LogP contribution in [0.5, 0.6) is 5.75 Å². The standard InChI is InChI=1S/C17H18N2O4S/c1-9-7-11(15(18)19)3-5-13(9)23-17(22)14-6-4-12(24-14)8-10(2)16(20)21/h3-7,10H,8H2,1-2H3,(H3,18,19)(H,20,21). The number of esters is 1. The Morgan fingerprint density at radius 2 is 2.04 bits per heavy atom. The van der Waals surface area contributed by atoms with Gasteiger partial charge in [0.1, 0.15) is 16.5 Å². The Kier molecular flexibility index (Phi) is 5.35. The summed E-state index contributed by atoms with van der Waals surface area (Å²) in [6, 6.07) is 8.28. The highest BCUT2D eigenvalue weighted by Gasteiger charge is 2.17. The SMILES string of the molecule is Cc1cc(C(=N)N)ccc1OC(=O)c1ccc(CC(C)C(=O)O)s1. The second-order valence-corrected chi connectivity index (χ2v) is 6.66. The number of carboxylic acids is 1. The number of carboxylic acid groups (broad SMARTS) is 1. The van der Waals surface area contributed by atoms with Gasteiger partial charge in [-0.3, -0.25) is 10.2 Å². The van der Waals surface area contributed by atoms with Crippen molar-refractivity contribution >= 4 is 29.1 Å². The zero-order valence-corrected chi connectivity index (χ0v) is 14.1. The Balaban J connectivity index is 2.09. The molecular formula is C17H18N2O4S. The molecule has 0 radical (unpaired) electrons. The number of nitrogens with one attached hydrogen (secondary N) is 1. The minimum atomic E-state index is -0.867. The number of benzene rings is 1. The molecule has 0 saturated heterocycles. The second-order valence-electron chi connectivity index (χ2n) is 5.49. The minimum absolute atomic E-state index is 0.0496. The van der Waals surface area contributed by atoms with Gasteiger partial charge in [0.05, 0.1) is 5.92 Å². The van der Waals surface area contributed by atoms with Crippen LogP contribution in [0, 0.1) is 18.3 Å². The third-order valence-electron chi connectivity index (χ3n) is 3.48. The van der Waals surface area contributed by atoms with Gasteiger partial charge in [0.2, 0.25) is 0 Å². The van der Waals surface area contributed by atoms with Crippen LogP contribution >= 0.6 is 11.3 Å². The lowest BCUT2D eigenvalue weighted by atomic mass is 10.1. The average Bonchev–Trinajstić information content (AvgIpc) is 2.97. The van der Waals surface area contributed by atoms with Crippen molar-refractivity contribution in [2.24, 2.45) is 11.7 Å². The molecule has 1 heterocycles. The number of hydrogen-bond acceptors (Lipinski definition) is 5. The van der Waals surface area contributed by atoms with Gasteiger partial charge in [-0.1, -0.05) is 6.92 Å². The van der Waals surface area contributed by atoms with E-state index >= 15 is 0 Å². The minimum Gasteiger partial charge on any atom is -0.481 e. The van der Waals surface area contributed by atoms with Gasteiger partial charge >= 0.3 is 11.9 Å². The Morgan fingerprint density at radius 3 is 2.62 bits per heavy atom. The number of amidine groups is 1. The van der Waals surface area contributed by atoms with Crippen LogP contribution in [0.15, 0.2) is 30.3 Å². The van der Waals surface area contributed by atoms with Crippen molar-refractivity contribution in [3.8, 4) is 5.75 Å². The van der Waals surface area contributed by atoms with Gasteiger partial charge in [0, 0.05) is 10.4 Å². The first-order chi connectivity index (χ1) is 11.3. The lowest BCUT2D eigenvalue weighted by Crippen LogP contribution is -2.12. The van der Waals surface area contributed by atoms with Crippen molar-refractivity contribution in [2.45, 2.75) is 20.3 Å². The third-order valence-corrected chi connectivity index (χ3v) is 4.57. The Bertz CT molecular complexity index is 798. The van der Waals surface area contributed by atoms with Crippen molar-refractivity contribution in [1.82, 2.24) is 0 Å². The summed E-state index contributed by atoms with van der Waals surface area (Å²) >= 11 is 1.23. The molecular weight excluding hydrogens is 328 g/mol. The van der Waals surface area contributed by atoms with Crippen molar-refractivity contribution < 1.29 is 19.4 Å². The van der Waals surface area contributed by atoms with E-state index in [1.807, 2.05) is 0 Å². The van der Waals surface area contributed by atoms with Crippen molar-refractivity contribution in [3.05, 3.63) is 51.2 Å². The molecule has 7 heteroatoms. The quantitative estimate of drug-likeness (QED) is 0.322. The summed E-state index contributed by atoms with van der Waals surface area (Å²) < 4.78 is 5.38. The number of carbonyl (C=O) groups is 2. The number of carbonyl (C=O) groups excluding carboxylic acids is 1. The van der Waals surface area contributed by atoms with Crippen molar-refractivity contribution in [2.75, 3.05) is 0 Å². The number of thiophene rings is 1. The molecule has 0 bridgehead atoms. The largest absolute Gasteiger partial charge is 0.481 e. The van der Waals surface area contributed by atoms with E-state index in [2.05, 4.69) is 0 Å². The van der Waals surface area contributed by atoms with Crippen molar-refractivity contribution in [3.63, 3.8) is 0 Å². The van der Waals surface area contributed by atoms with Crippen LogP contribution in [-0.2, 0) is 11.2 Å². The Morgan fingerprint density at radius 1 is 1.33 bits per heavy atom. The molecule has 6 nitrogen and oxygen atoms in total. The first-order valence-electron chi connectivity index (χ1n) is 7.26. The van der Waals surface area contributed by atoms with E-state index in [-0.39, 0.29) is 5.84 Å². The first-order valence-corrected chi connectivity index (χ1v) is 8.08. The summed E-state index contributed by atoms with van der Waals surface area (Å²) in [7, 11) is 0. The zero-order chi connectivity index (χ0) is 17.9. The molecule has 0 aliphatic heterocycles. The smallest absolute Gasteiger partial charge is 0.353 e. The van der Waals surface area contributed by atoms with Crippen molar-refractivity contribution in [1.29, 1.82) is 5.41 Å². The van der Waals surface area contributed by atoms with Crippen LogP contribution in [-0.4, -0.2) is 22.9 Å². The van der Waals surface area contributed by atoms with E-state index in [9.17, 15) is 9.59 Å². The van der Waals surface area contributed by atoms with E-state index < -0.39 is 17.9 Å². The van der Waals surface area contributed by atoms with E-state index in [0.29, 0.717) is 28.2 Å². The number of rotatable bonds is 6. The van der Waals surface area contributed by atoms with Crippen LogP contribution in [0.25, 0.3) is 0 Å². The maximum atomic E-state index is 12.2. The molecule has 4 N–H and O–H groups in total. The highest BCUT2D eigenvalue weighted by molar-refractivity contribution is 7.13. The molecule has 0 aliphatic carbocycles. The van der Waals surface area contributed by atoms with Gasteiger partial charge in [0.15, 0.2) is 0 Å². The highest BCUT2D eigenvalue weighted by atomic mass is 32.1. The lowest BCUT2D eigenvalue weighted by Gasteiger charge is -2.08. The topological polar surface area (TPSA) is 113 Å². The fourth-order valence-electron chi connectivity index (χ4n) is 2.07. The van der Waals surface area contributed by atoms with E-state index in [0.717, 1.165) is 4.88 Å². The third kappa shape index (κ3) is 4.20. The molecule has 1 unspecified atom stereocenters. The maximum Gasteiger partial charge on any atom is 0.353 e. The number of nitrogens with two attached hydrogens (primary N) is 1. The van der Waals surface area contributed by atoms with Gasteiger partial charge in [-0.05, 0) is 49.2 Å². The number of aryl methyl sites for hydroxylation is 1. The summed E-state index contributed by atoms with van der Waals surface area (Å²) in [5.41, 5.74) is 6.69. The van der Waals surface area contributed by atoms with Crippen LogP contribution < -0.4 is 10.5 Å². The molecule has 0 aliphatic rings. The first kappa shape index (κ1) is 17.7. The molecule has 2 rings (SSSR count). The fourth-order valence-corrected chi connectivity index (χ4v) is 3.08. The highest BCUT2D eigenvalue weighted by Crippen LogP contribution is 2.24. The molecule has 0 amide bonds. The fraction of sp³-hybridized carbons (Fsp3) is 0.235. The maximum absolute atomic E-state index is 12.2. The molecule has 126 valence electrons. The summed E-state index contributed by atoms with van der Waals surface area (Å²) in [5.74, 6) is -1.51. The van der Waals surface area contributed by atoms with Gasteiger partial charge in [-0.2, -0.15) is 0 Å². The number of aliphatic carboxylic acids is 1. The predicted molar refractivity (Wildman–Crippen MR) is 92.0 cm³/mol. The summed E-state index contributed by atoms with van der Waals surface area (Å²) in [5, 5.41) is 16.3. The zero-order valence-electron chi connectivity index (χ0n) is 13.3. The van der Waals surface area contributed by atoms with Crippen LogP contribution in [0.1, 0.15) is 32.6 Å². The Labute approximate surface area is 143 Å². The monoisotopic (exact) mass is 346 g/mol. The molecule has 0 spiro atoms. The molecule has 1 aromatic carbocycles. The molecule has 1 aromatic heterocycles. The molecule has 0 saturated carbocycles. The van der Waals surface area contributed by atoms with Gasteiger partial charge in [-0.25, -0.2) is 4.79 Å². The number of hydrogen-bond donors (Lipinski definition) is 3. The normalized spacial score (nSPS) is 11.8. The average molecular weight is 346 g/mol. The van der Waals surface area contributed by atoms with Gasteiger partial charge < -0.3 is 15.6 Å². The Hall–Kier alpha value is -2.67. The summed E-state index contributed by atoms with van der Waals surface area (Å²) in [4.78, 5) is 24.3. The van der Waals surface area contributed by atoms with E-state index in [1.165, 1.54) is 11.3 Å². The summed E-state index contributed by atoms with van der Waals surface area (Å²) in [6.45, 7) is 3.39. The predicted octanol–water partition coefficient (Wildman–Crippen LogP) is 2.82. The van der Waals surface area contributed by atoms with Gasteiger partial charge in [-0.15, -0.1) is 11.3 Å². The van der Waals surface area contributed by atoms with Gasteiger partial charge in [0.25, 0.3) is 0 Å². The van der Waals surface area contributed by atoms with Crippen LogP contribution in [0.3, 0.4) is 0 Å². The van der Waals surface area contributed by atoms with E-state index in [4.69, 9.17) is 21.0 Å². The second kappa shape index (κ2) is 7.27. The molecule has 0 fully saturated rings.